The van der Waals surface area contributed by atoms with E-state index >= 15 is 0 Å². The van der Waals surface area contributed by atoms with E-state index in [1.54, 1.807) is 7.11 Å². The zero-order valence-electron chi connectivity index (χ0n) is 11.3. The van der Waals surface area contributed by atoms with Gasteiger partial charge in [0.2, 0.25) is 5.91 Å². The molecule has 1 unspecified atom stereocenters. The van der Waals surface area contributed by atoms with E-state index in [2.05, 4.69) is 12.2 Å². The molecule has 4 heteroatoms. The maximum absolute atomic E-state index is 11.9. The smallest absolute Gasteiger partial charge is 0.241 e. The van der Waals surface area contributed by atoms with Crippen molar-refractivity contribution in [2.75, 3.05) is 19.0 Å². The summed E-state index contributed by atoms with van der Waals surface area (Å²) >= 11 is 0. The molecule has 1 aromatic carbocycles. The predicted molar refractivity (Wildman–Crippen MR) is 73.7 cm³/mol. The van der Waals surface area contributed by atoms with Crippen molar-refractivity contribution in [3.8, 4) is 0 Å². The fourth-order valence-electron chi connectivity index (χ4n) is 1.79. The molecular formula is C14H22N2O2. The van der Waals surface area contributed by atoms with Gasteiger partial charge in [-0.1, -0.05) is 25.1 Å². The number of anilines is 1. The normalized spacial score (nSPS) is 12.2. The quantitative estimate of drug-likeness (QED) is 0.810. The van der Waals surface area contributed by atoms with Gasteiger partial charge >= 0.3 is 0 Å². The number of para-hydroxylation sites is 1. The van der Waals surface area contributed by atoms with Crippen LogP contribution in [-0.2, 0) is 16.0 Å². The van der Waals surface area contributed by atoms with Crippen LogP contribution in [0.2, 0.25) is 0 Å². The lowest BCUT2D eigenvalue weighted by Crippen LogP contribution is -2.36. The van der Waals surface area contributed by atoms with Gasteiger partial charge in [-0.2, -0.15) is 0 Å². The minimum Gasteiger partial charge on any atom is -0.385 e. The molecule has 4 nitrogen and oxygen atoms in total. The van der Waals surface area contributed by atoms with E-state index in [1.165, 1.54) is 0 Å². The fraction of sp³-hybridized carbons (Fsp3) is 0.500. The van der Waals surface area contributed by atoms with Crippen LogP contribution in [0.3, 0.4) is 0 Å². The van der Waals surface area contributed by atoms with Crippen molar-refractivity contribution >= 4 is 11.6 Å². The lowest BCUT2D eigenvalue weighted by Gasteiger charge is -2.16. The summed E-state index contributed by atoms with van der Waals surface area (Å²) in [4.78, 5) is 11.9. The molecule has 0 fully saturated rings. The van der Waals surface area contributed by atoms with Gasteiger partial charge in [0.1, 0.15) is 0 Å². The maximum Gasteiger partial charge on any atom is 0.241 e. The first-order valence-electron chi connectivity index (χ1n) is 6.24. The Labute approximate surface area is 109 Å². The predicted octanol–water partition coefficient (Wildman–Crippen LogP) is 1.86. The van der Waals surface area contributed by atoms with Crippen LogP contribution in [0.25, 0.3) is 0 Å². The third-order valence-electron chi connectivity index (χ3n) is 2.96. The SMILES string of the molecule is CCc1cccc(C)c1NC(=O)C(N)CCOC. The van der Waals surface area contributed by atoms with Crippen molar-refractivity contribution in [3.05, 3.63) is 29.3 Å². The van der Waals surface area contributed by atoms with Crippen LogP contribution in [0, 0.1) is 6.92 Å². The summed E-state index contributed by atoms with van der Waals surface area (Å²) in [5.41, 5.74) is 8.87. The van der Waals surface area contributed by atoms with E-state index in [-0.39, 0.29) is 5.91 Å². The van der Waals surface area contributed by atoms with Crippen molar-refractivity contribution in [2.45, 2.75) is 32.7 Å². The Kier molecular flexibility index (Phi) is 5.82. The number of nitrogens with one attached hydrogen (secondary N) is 1. The Bertz CT molecular complexity index is 405. The monoisotopic (exact) mass is 250 g/mol. The van der Waals surface area contributed by atoms with Gasteiger partial charge in [-0.25, -0.2) is 0 Å². The number of carbonyl (C=O) groups excluding carboxylic acids is 1. The molecule has 100 valence electrons. The van der Waals surface area contributed by atoms with Gasteiger partial charge in [0, 0.05) is 19.4 Å². The van der Waals surface area contributed by atoms with Crippen LogP contribution in [0.5, 0.6) is 0 Å². The molecule has 0 aliphatic carbocycles. The lowest BCUT2D eigenvalue weighted by molar-refractivity contribution is -0.117. The molecule has 1 rings (SSSR count). The van der Waals surface area contributed by atoms with Gasteiger partial charge in [-0.05, 0) is 30.9 Å². The number of benzene rings is 1. The van der Waals surface area contributed by atoms with E-state index < -0.39 is 6.04 Å². The molecule has 18 heavy (non-hydrogen) atoms. The van der Waals surface area contributed by atoms with E-state index in [0.717, 1.165) is 23.2 Å². The number of hydrogen-bond donors (Lipinski definition) is 2. The number of rotatable bonds is 6. The Morgan fingerprint density at radius 3 is 2.83 bits per heavy atom. The molecule has 0 spiro atoms. The molecule has 1 atom stereocenters. The van der Waals surface area contributed by atoms with E-state index in [4.69, 9.17) is 10.5 Å². The third kappa shape index (κ3) is 3.82. The maximum atomic E-state index is 11.9. The van der Waals surface area contributed by atoms with Gasteiger partial charge in [-0.15, -0.1) is 0 Å². The molecule has 0 aliphatic heterocycles. The molecule has 1 amide bonds. The van der Waals surface area contributed by atoms with Gasteiger partial charge in [0.25, 0.3) is 0 Å². The summed E-state index contributed by atoms with van der Waals surface area (Å²) < 4.78 is 4.92. The van der Waals surface area contributed by atoms with Gasteiger partial charge in [0.05, 0.1) is 6.04 Å². The number of carbonyl (C=O) groups is 1. The van der Waals surface area contributed by atoms with Crippen LogP contribution < -0.4 is 11.1 Å². The molecule has 0 saturated carbocycles. The Hall–Kier alpha value is -1.39. The number of nitrogens with two attached hydrogens (primary N) is 1. The summed E-state index contributed by atoms with van der Waals surface area (Å²) in [6.07, 6.45) is 1.40. The van der Waals surface area contributed by atoms with Crippen molar-refractivity contribution in [3.63, 3.8) is 0 Å². The highest BCUT2D eigenvalue weighted by molar-refractivity contribution is 5.96. The van der Waals surface area contributed by atoms with Crippen LogP contribution >= 0.6 is 0 Å². The van der Waals surface area contributed by atoms with Crippen molar-refractivity contribution in [1.29, 1.82) is 0 Å². The molecule has 0 aliphatic rings. The molecule has 0 aromatic heterocycles. The summed E-state index contributed by atoms with van der Waals surface area (Å²) in [6.45, 7) is 4.54. The average Bonchev–Trinajstić information content (AvgIpc) is 2.38. The first-order valence-corrected chi connectivity index (χ1v) is 6.24. The zero-order valence-corrected chi connectivity index (χ0v) is 11.3. The molecule has 3 N–H and O–H groups in total. The first-order chi connectivity index (χ1) is 8.60. The van der Waals surface area contributed by atoms with Crippen LogP contribution in [-0.4, -0.2) is 25.7 Å². The number of hydrogen-bond acceptors (Lipinski definition) is 3. The highest BCUT2D eigenvalue weighted by Crippen LogP contribution is 2.21. The van der Waals surface area contributed by atoms with Gasteiger partial charge in [-0.3, -0.25) is 4.79 Å². The van der Waals surface area contributed by atoms with Crippen molar-refractivity contribution in [2.24, 2.45) is 5.73 Å². The van der Waals surface area contributed by atoms with E-state index in [0.29, 0.717) is 13.0 Å². The summed E-state index contributed by atoms with van der Waals surface area (Å²) in [5.74, 6) is -0.156. The van der Waals surface area contributed by atoms with Crippen LogP contribution in [0.4, 0.5) is 5.69 Å². The van der Waals surface area contributed by atoms with E-state index in [9.17, 15) is 4.79 Å². The number of methoxy groups -OCH3 is 1. The fourth-order valence-corrected chi connectivity index (χ4v) is 1.79. The molecule has 0 heterocycles. The van der Waals surface area contributed by atoms with Crippen LogP contribution in [0.15, 0.2) is 18.2 Å². The Morgan fingerprint density at radius 2 is 2.22 bits per heavy atom. The summed E-state index contributed by atoms with van der Waals surface area (Å²) in [6, 6.07) is 5.46. The molecule has 1 aromatic rings. The second kappa shape index (κ2) is 7.13. The molecule has 0 radical (unpaired) electrons. The van der Waals surface area contributed by atoms with Gasteiger partial charge < -0.3 is 15.8 Å². The second-order valence-electron chi connectivity index (χ2n) is 4.34. The van der Waals surface area contributed by atoms with Gasteiger partial charge in [0.15, 0.2) is 0 Å². The van der Waals surface area contributed by atoms with Crippen molar-refractivity contribution < 1.29 is 9.53 Å². The second-order valence-corrected chi connectivity index (χ2v) is 4.34. The molecule has 0 saturated heterocycles. The summed E-state index contributed by atoms with van der Waals surface area (Å²) in [7, 11) is 1.60. The minimum atomic E-state index is -0.533. The zero-order chi connectivity index (χ0) is 13.5. The largest absolute Gasteiger partial charge is 0.385 e. The molecule has 0 bridgehead atoms. The lowest BCUT2D eigenvalue weighted by atomic mass is 10.1. The van der Waals surface area contributed by atoms with E-state index in [1.807, 2.05) is 25.1 Å². The Morgan fingerprint density at radius 1 is 1.50 bits per heavy atom. The topological polar surface area (TPSA) is 64.4 Å². The van der Waals surface area contributed by atoms with Crippen LogP contribution in [0.1, 0.15) is 24.5 Å². The highest BCUT2D eigenvalue weighted by atomic mass is 16.5. The summed E-state index contributed by atoms with van der Waals surface area (Å²) in [5, 5.41) is 2.92. The third-order valence-corrected chi connectivity index (χ3v) is 2.96. The number of amides is 1. The standard InChI is InChI=1S/C14H22N2O2/c1-4-11-7-5-6-10(2)13(11)16-14(17)12(15)8-9-18-3/h5-7,12H,4,8-9,15H2,1-3H3,(H,16,17). The Balaban J connectivity index is 2.75. The van der Waals surface area contributed by atoms with Crippen molar-refractivity contribution in [1.82, 2.24) is 0 Å². The molecular weight excluding hydrogens is 228 g/mol. The average molecular weight is 250 g/mol. The first kappa shape index (κ1) is 14.7. The minimum absolute atomic E-state index is 0.156. The highest BCUT2D eigenvalue weighted by Gasteiger charge is 2.15. The number of aryl methyl sites for hydroxylation is 2. The number of ether oxygens (including phenoxy) is 1.